The number of benzene rings is 2. The van der Waals surface area contributed by atoms with Gasteiger partial charge in [-0.25, -0.2) is 13.6 Å². The quantitative estimate of drug-likeness (QED) is 0.882. The number of rotatable bonds is 4. The first-order chi connectivity index (χ1) is 9.38. The van der Waals surface area contributed by atoms with Crippen LogP contribution in [0.4, 0.5) is 0 Å². The van der Waals surface area contributed by atoms with E-state index in [2.05, 4.69) is 0 Å². The molecule has 0 atom stereocenters. The third kappa shape index (κ3) is 3.14. The molecule has 0 fully saturated rings. The van der Waals surface area contributed by atoms with Crippen LogP contribution >= 0.6 is 0 Å². The summed E-state index contributed by atoms with van der Waals surface area (Å²) in [6.07, 6.45) is 0. The van der Waals surface area contributed by atoms with Crippen LogP contribution in [-0.4, -0.2) is 14.3 Å². The van der Waals surface area contributed by atoms with Crippen LogP contribution in [0.2, 0.25) is 0 Å². The zero-order chi connectivity index (χ0) is 14.8. The minimum atomic E-state index is -3.74. The molecule has 7 heteroatoms. The highest BCUT2D eigenvalue weighted by Gasteiger charge is 2.11. The van der Waals surface area contributed by atoms with E-state index in [1.54, 1.807) is 18.2 Å². The highest BCUT2D eigenvalue weighted by molar-refractivity contribution is 7.89. The first kappa shape index (κ1) is 14.0. The Morgan fingerprint density at radius 2 is 1.60 bits per heavy atom. The van der Waals surface area contributed by atoms with E-state index < -0.39 is 15.9 Å². The number of sulfonamides is 1. The van der Waals surface area contributed by atoms with Gasteiger partial charge in [0.05, 0.1) is 10.5 Å². The van der Waals surface area contributed by atoms with Crippen molar-refractivity contribution in [2.45, 2.75) is 4.90 Å². The van der Waals surface area contributed by atoms with Gasteiger partial charge in [0.1, 0.15) is 11.5 Å². The predicted molar refractivity (Wildman–Crippen MR) is 72.8 cm³/mol. The van der Waals surface area contributed by atoms with Gasteiger partial charge in [-0.2, -0.15) is 0 Å². The number of primary amides is 1. The summed E-state index contributed by atoms with van der Waals surface area (Å²) in [5.74, 6) is 0.0520. The largest absolute Gasteiger partial charge is 0.457 e. The molecule has 0 aromatic heterocycles. The Balaban J connectivity index is 2.30. The lowest BCUT2D eigenvalue weighted by Gasteiger charge is -2.09. The minimum Gasteiger partial charge on any atom is -0.457 e. The highest BCUT2D eigenvalue weighted by atomic mass is 32.2. The molecule has 0 saturated heterocycles. The number of primary sulfonamides is 1. The van der Waals surface area contributed by atoms with Gasteiger partial charge in [-0.05, 0) is 36.4 Å². The van der Waals surface area contributed by atoms with E-state index in [1.807, 2.05) is 0 Å². The van der Waals surface area contributed by atoms with Crippen molar-refractivity contribution in [3.63, 3.8) is 0 Å². The average molecular weight is 292 g/mol. The third-order valence-corrected chi connectivity index (χ3v) is 3.46. The lowest BCUT2D eigenvalue weighted by atomic mass is 10.2. The summed E-state index contributed by atoms with van der Waals surface area (Å²) >= 11 is 0. The van der Waals surface area contributed by atoms with E-state index in [-0.39, 0.29) is 10.5 Å². The fraction of sp³-hybridized carbons (Fsp3) is 0. The Morgan fingerprint density at radius 3 is 2.15 bits per heavy atom. The molecule has 0 saturated carbocycles. The number of carbonyl (C=O) groups excluding carboxylic acids is 1. The SMILES string of the molecule is NC(=O)c1ccccc1Oc1ccc(S(N)(=O)=O)cc1. The van der Waals surface area contributed by atoms with Crippen molar-refractivity contribution in [2.75, 3.05) is 0 Å². The third-order valence-electron chi connectivity index (χ3n) is 2.53. The topological polar surface area (TPSA) is 112 Å². The number of carbonyl (C=O) groups is 1. The molecule has 6 nitrogen and oxygen atoms in total. The van der Waals surface area contributed by atoms with Crippen LogP contribution in [-0.2, 0) is 10.0 Å². The predicted octanol–water partition coefficient (Wildman–Crippen LogP) is 1.23. The van der Waals surface area contributed by atoms with Crippen molar-refractivity contribution < 1.29 is 17.9 Å². The van der Waals surface area contributed by atoms with Gasteiger partial charge < -0.3 is 10.5 Å². The molecule has 0 aliphatic rings. The molecule has 0 aliphatic carbocycles. The fourth-order valence-corrected chi connectivity index (χ4v) is 2.10. The minimum absolute atomic E-state index is 0.0203. The van der Waals surface area contributed by atoms with Crippen molar-refractivity contribution >= 4 is 15.9 Å². The Hall–Kier alpha value is -2.38. The van der Waals surface area contributed by atoms with Crippen molar-refractivity contribution in [1.29, 1.82) is 0 Å². The molecule has 0 spiro atoms. The average Bonchev–Trinajstić information content (AvgIpc) is 2.38. The molecule has 0 bridgehead atoms. The first-order valence-electron chi connectivity index (χ1n) is 5.57. The van der Waals surface area contributed by atoms with Crippen LogP contribution in [0.25, 0.3) is 0 Å². The summed E-state index contributed by atoms with van der Waals surface area (Å²) < 4.78 is 27.7. The molecule has 0 heterocycles. The summed E-state index contributed by atoms with van der Waals surface area (Å²) in [5.41, 5.74) is 5.47. The van der Waals surface area contributed by atoms with Gasteiger partial charge in [0, 0.05) is 0 Å². The van der Waals surface area contributed by atoms with Gasteiger partial charge in [0.25, 0.3) is 5.91 Å². The number of para-hydroxylation sites is 1. The molecule has 2 rings (SSSR count). The molecule has 1 amide bonds. The lowest BCUT2D eigenvalue weighted by molar-refractivity contribution is 0.0998. The molecule has 104 valence electrons. The highest BCUT2D eigenvalue weighted by Crippen LogP contribution is 2.25. The van der Waals surface area contributed by atoms with Crippen LogP contribution in [0.15, 0.2) is 53.4 Å². The van der Waals surface area contributed by atoms with Gasteiger partial charge in [0.2, 0.25) is 10.0 Å². The number of hydrogen-bond acceptors (Lipinski definition) is 4. The number of nitrogens with two attached hydrogens (primary N) is 2. The summed E-state index contributed by atoms with van der Waals surface area (Å²) in [6.45, 7) is 0. The summed E-state index contributed by atoms with van der Waals surface area (Å²) in [6, 6.07) is 12.0. The van der Waals surface area contributed by atoms with Gasteiger partial charge in [-0.1, -0.05) is 12.1 Å². The smallest absolute Gasteiger partial charge is 0.252 e. The zero-order valence-corrected chi connectivity index (χ0v) is 11.1. The number of amides is 1. The van der Waals surface area contributed by atoms with E-state index in [0.717, 1.165) is 0 Å². The second kappa shape index (κ2) is 5.32. The van der Waals surface area contributed by atoms with Crippen molar-refractivity contribution in [1.82, 2.24) is 0 Å². The molecule has 2 aromatic carbocycles. The van der Waals surface area contributed by atoms with E-state index in [4.69, 9.17) is 15.6 Å². The van der Waals surface area contributed by atoms with Crippen LogP contribution in [0, 0.1) is 0 Å². The van der Waals surface area contributed by atoms with Crippen LogP contribution in [0.5, 0.6) is 11.5 Å². The lowest BCUT2D eigenvalue weighted by Crippen LogP contribution is -2.12. The molecule has 2 aromatic rings. The molecular weight excluding hydrogens is 280 g/mol. The summed E-state index contributed by atoms with van der Waals surface area (Å²) in [5, 5.41) is 4.99. The van der Waals surface area contributed by atoms with Gasteiger partial charge in [0.15, 0.2) is 0 Å². The second-order valence-electron chi connectivity index (χ2n) is 3.98. The van der Waals surface area contributed by atoms with Crippen molar-refractivity contribution in [3.8, 4) is 11.5 Å². The monoisotopic (exact) mass is 292 g/mol. The molecule has 0 unspecified atom stereocenters. The second-order valence-corrected chi connectivity index (χ2v) is 5.54. The maximum atomic E-state index is 11.2. The number of hydrogen-bond donors (Lipinski definition) is 2. The van der Waals surface area contributed by atoms with E-state index in [9.17, 15) is 13.2 Å². The summed E-state index contributed by atoms with van der Waals surface area (Å²) in [4.78, 5) is 11.2. The molecule has 4 N–H and O–H groups in total. The van der Waals surface area contributed by atoms with Gasteiger partial charge in [-0.3, -0.25) is 4.79 Å². The van der Waals surface area contributed by atoms with E-state index in [0.29, 0.717) is 11.5 Å². The fourth-order valence-electron chi connectivity index (χ4n) is 1.58. The van der Waals surface area contributed by atoms with E-state index >= 15 is 0 Å². The Labute approximate surface area is 116 Å². The molecule has 0 radical (unpaired) electrons. The Kier molecular flexibility index (Phi) is 3.73. The zero-order valence-electron chi connectivity index (χ0n) is 10.3. The first-order valence-corrected chi connectivity index (χ1v) is 7.12. The summed E-state index contributed by atoms with van der Waals surface area (Å²) in [7, 11) is -3.74. The number of ether oxygens (including phenoxy) is 1. The van der Waals surface area contributed by atoms with Gasteiger partial charge in [-0.15, -0.1) is 0 Å². The van der Waals surface area contributed by atoms with Crippen LogP contribution in [0.1, 0.15) is 10.4 Å². The Bertz CT molecular complexity index is 739. The normalized spacial score (nSPS) is 11.1. The Morgan fingerprint density at radius 1 is 1.00 bits per heavy atom. The van der Waals surface area contributed by atoms with Crippen molar-refractivity contribution in [3.05, 3.63) is 54.1 Å². The molecular formula is C13H12N2O4S. The van der Waals surface area contributed by atoms with Crippen molar-refractivity contribution in [2.24, 2.45) is 10.9 Å². The molecule has 20 heavy (non-hydrogen) atoms. The van der Waals surface area contributed by atoms with Crippen LogP contribution in [0.3, 0.4) is 0 Å². The molecule has 0 aliphatic heterocycles. The maximum absolute atomic E-state index is 11.2. The van der Waals surface area contributed by atoms with E-state index in [1.165, 1.54) is 30.3 Å². The van der Waals surface area contributed by atoms with Gasteiger partial charge >= 0.3 is 0 Å². The standard InChI is InChI=1S/C13H12N2O4S/c14-13(16)11-3-1-2-4-12(11)19-9-5-7-10(8-6-9)20(15,17)18/h1-8H,(H2,14,16)(H2,15,17,18). The van der Waals surface area contributed by atoms with Crippen LogP contribution < -0.4 is 15.6 Å². The maximum Gasteiger partial charge on any atom is 0.252 e.